The van der Waals surface area contributed by atoms with Gasteiger partial charge in [-0.15, -0.1) is 0 Å². The number of ether oxygens (including phenoxy) is 1. The molecule has 2 N–H and O–H groups in total. The van der Waals surface area contributed by atoms with Gasteiger partial charge in [0.15, 0.2) is 5.96 Å². The van der Waals surface area contributed by atoms with Crippen molar-refractivity contribution >= 4 is 5.96 Å². The largest absolute Gasteiger partial charge is 0.488 e. The fraction of sp³-hybridized carbons (Fsp3) is 0.316. The van der Waals surface area contributed by atoms with E-state index in [1.54, 1.807) is 44.3 Å². The molecule has 140 valence electrons. The Bertz CT molecular complexity index is 751. The lowest BCUT2D eigenvalue weighted by Gasteiger charge is -2.13. The molecule has 2 aromatic rings. The molecule has 0 aliphatic heterocycles. The standard InChI is InChI=1S/C19H22F3N3O/c1-13-8-15(6-7-17(13)20)11-25-19(23-2)24-10-14-4-3-5-16(9-14)26-12-18(21)22/h3-9,18H,10-12H2,1-2H3,(H2,23,24,25). The van der Waals surface area contributed by atoms with Gasteiger partial charge in [-0.3, -0.25) is 4.99 Å². The van der Waals surface area contributed by atoms with E-state index >= 15 is 0 Å². The van der Waals surface area contributed by atoms with Crippen LogP contribution < -0.4 is 15.4 Å². The summed E-state index contributed by atoms with van der Waals surface area (Å²) in [5, 5.41) is 6.28. The summed E-state index contributed by atoms with van der Waals surface area (Å²) >= 11 is 0. The maximum Gasteiger partial charge on any atom is 0.272 e. The van der Waals surface area contributed by atoms with Gasteiger partial charge in [0, 0.05) is 20.1 Å². The minimum absolute atomic E-state index is 0.231. The number of halogens is 3. The fourth-order valence-corrected chi connectivity index (χ4v) is 2.31. The van der Waals surface area contributed by atoms with Crippen molar-refractivity contribution in [2.45, 2.75) is 26.4 Å². The van der Waals surface area contributed by atoms with E-state index in [0.717, 1.165) is 11.1 Å². The lowest BCUT2D eigenvalue weighted by molar-refractivity contribution is 0.0818. The van der Waals surface area contributed by atoms with Crippen molar-refractivity contribution in [3.63, 3.8) is 0 Å². The molecule has 0 fully saturated rings. The third kappa shape index (κ3) is 6.31. The summed E-state index contributed by atoms with van der Waals surface area (Å²) in [7, 11) is 1.65. The maximum atomic E-state index is 13.3. The second kappa shape index (κ2) is 9.70. The van der Waals surface area contributed by atoms with Crippen LogP contribution in [0, 0.1) is 12.7 Å². The molecule has 0 radical (unpaired) electrons. The summed E-state index contributed by atoms with van der Waals surface area (Å²) in [5.41, 5.74) is 2.40. The molecule has 0 aromatic heterocycles. The predicted molar refractivity (Wildman–Crippen MR) is 96.1 cm³/mol. The molecule has 7 heteroatoms. The van der Waals surface area contributed by atoms with Crippen molar-refractivity contribution in [3.05, 3.63) is 65.0 Å². The van der Waals surface area contributed by atoms with E-state index in [-0.39, 0.29) is 5.82 Å². The molecule has 0 atom stereocenters. The highest BCUT2D eigenvalue weighted by atomic mass is 19.3. The van der Waals surface area contributed by atoms with Gasteiger partial charge in [0.2, 0.25) is 0 Å². The van der Waals surface area contributed by atoms with Gasteiger partial charge in [-0.25, -0.2) is 13.2 Å². The number of hydrogen-bond donors (Lipinski definition) is 2. The van der Waals surface area contributed by atoms with Gasteiger partial charge in [0.05, 0.1) is 0 Å². The Morgan fingerprint density at radius 2 is 1.77 bits per heavy atom. The van der Waals surface area contributed by atoms with Gasteiger partial charge < -0.3 is 15.4 Å². The van der Waals surface area contributed by atoms with Crippen LogP contribution in [0.3, 0.4) is 0 Å². The van der Waals surface area contributed by atoms with Crippen molar-refractivity contribution < 1.29 is 17.9 Å². The number of nitrogens with zero attached hydrogens (tertiary/aromatic N) is 1. The lowest BCUT2D eigenvalue weighted by Crippen LogP contribution is -2.36. The van der Waals surface area contributed by atoms with E-state index in [0.29, 0.717) is 30.4 Å². The molecule has 2 rings (SSSR count). The van der Waals surface area contributed by atoms with E-state index in [1.165, 1.54) is 6.07 Å². The third-order valence-electron chi connectivity index (χ3n) is 3.64. The molecule has 2 aromatic carbocycles. The zero-order valence-electron chi connectivity index (χ0n) is 14.7. The first-order chi connectivity index (χ1) is 12.5. The van der Waals surface area contributed by atoms with Crippen LogP contribution in [0.2, 0.25) is 0 Å². The lowest BCUT2D eigenvalue weighted by atomic mass is 10.1. The van der Waals surface area contributed by atoms with Crippen LogP contribution >= 0.6 is 0 Å². The van der Waals surface area contributed by atoms with Crippen molar-refractivity contribution in [2.24, 2.45) is 4.99 Å². The Balaban J connectivity index is 1.86. The first-order valence-corrected chi connectivity index (χ1v) is 8.17. The molecule has 0 heterocycles. The fourth-order valence-electron chi connectivity index (χ4n) is 2.31. The minimum atomic E-state index is -2.50. The molecular formula is C19H22F3N3O. The van der Waals surface area contributed by atoms with Crippen LogP contribution in [0.25, 0.3) is 0 Å². The second-order valence-corrected chi connectivity index (χ2v) is 5.71. The van der Waals surface area contributed by atoms with E-state index < -0.39 is 13.0 Å². The number of aliphatic imine (C=N–C) groups is 1. The van der Waals surface area contributed by atoms with Crippen LogP contribution in [0.1, 0.15) is 16.7 Å². The summed E-state index contributed by atoms with van der Waals surface area (Å²) in [6, 6.07) is 11.9. The molecule has 0 aliphatic rings. The van der Waals surface area contributed by atoms with E-state index in [2.05, 4.69) is 15.6 Å². The van der Waals surface area contributed by atoms with Crippen LogP contribution in [0.4, 0.5) is 13.2 Å². The average Bonchev–Trinajstić information content (AvgIpc) is 2.63. The Morgan fingerprint density at radius 1 is 1.08 bits per heavy atom. The molecule has 0 saturated heterocycles. The number of guanidine groups is 1. The van der Waals surface area contributed by atoms with E-state index in [9.17, 15) is 13.2 Å². The summed E-state index contributed by atoms with van der Waals surface area (Å²) < 4.78 is 42.7. The average molecular weight is 365 g/mol. The highest BCUT2D eigenvalue weighted by Crippen LogP contribution is 2.14. The summed E-state index contributed by atoms with van der Waals surface area (Å²) in [5.74, 6) is 0.741. The van der Waals surface area contributed by atoms with Crippen molar-refractivity contribution in [3.8, 4) is 5.75 Å². The number of aryl methyl sites for hydroxylation is 1. The summed E-state index contributed by atoms with van der Waals surface area (Å²) in [6.45, 7) is 2.04. The molecule has 26 heavy (non-hydrogen) atoms. The van der Waals surface area contributed by atoms with Gasteiger partial charge >= 0.3 is 0 Å². The quantitative estimate of drug-likeness (QED) is 0.582. The zero-order chi connectivity index (χ0) is 18.9. The topological polar surface area (TPSA) is 45.7 Å². The number of benzene rings is 2. The molecule has 0 amide bonds. The Kier molecular flexibility index (Phi) is 7.32. The second-order valence-electron chi connectivity index (χ2n) is 5.71. The number of hydrogen-bond acceptors (Lipinski definition) is 2. The zero-order valence-corrected chi connectivity index (χ0v) is 14.7. The van der Waals surface area contributed by atoms with E-state index in [4.69, 9.17) is 4.74 Å². The van der Waals surface area contributed by atoms with Gasteiger partial charge in [0.25, 0.3) is 6.43 Å². The van der Waals surface area contributed by atoms with Gasteiger partial charge in [-0.05, 0) is 41.8 Å². The molecular weight excluding hydrogens is 343 g/mol. The van der Waals surface area contributed by atoms with Crippen LogP contribution in [-0.2, 0) is 13.1 Å². The number of nitrogens with one attached hydrogen (secondary N) is 2. The van der Waals surface area contributed by atoms with Crippen molar-refractivity contribution in [1.29, 1.82) is 0 Å². The van der Waals surface area contributed by atoms with Gasteiger partial charge in [0.1, 0.15) is 18.2 Å². The Hall–Kier alpha value is -2.70. The Labute approximate surface area is 151 Å². The van der Waals surface area contributed by atoms with Crippen molar-refractivity contribution in [1.82, 2.24) is 10.6 Å². The molecule has 0 bridgehead atoms. The smallest absolute Gasteiger partial charge is 0.272 e. The minimum Gasteiger partial charge on any atom is -0.488 e. The SMILES string of the molecule is CN=C(NCc1cccc(OCC(F)F)c1)NCc1ccc(F)c(C)c1. The normalized spacial score (nSPS) is 11.5. The first-order valence-electron chi connectivity index (χ1n) is 8.17. The maximum absolute atomic E-state index is 13.3. The monoisotopic (exact) mass is 365 g/mol. The molecule has 0 aliphatic carbocycles. The van der Waals surface area contributed by atoms with Gasteiger partial charge in [-0.1, -0.05) is 24.3 Å². The number of rotatable bonds is 7. The number of alkyl halides is 2. The molecule has 4 nitrogen and oxygen atoms in total. The summed E-state index contributed by atoms with van der Waals surface area (Å²) in [4.78, 5) is 4.13. The summed E-state index contributed by atoms with van der Waals surface area (Å²) in [6.07, 6.45) is -2.50. The molecule has 0 unspecified atom stereocenters. The molecule has 0 saturated carbocycles. The van der Waals surface area contributed by atoms with Crippen molar-refractivity contribution in [2.75, 3.05) is 13.7 Å². The van der Waals surface area contributed by atoms with Crippen LogP contribution in [-0.4, -0.2) is 26.0 Å². The highest BCUT2D eigenvalue weighted by Gasteiger charge is 2.05. The van der Waals surface area contributed by atoms with Gasteiger partial charge in [-0.2, -0.15) is 0 Å². The first kappa shape index (κ1) is 19.6. The highest BCUT2D eigenvalue weighted by molar-refractivity contribution is 5.79. The molecule has 0 spiro atoms. The van der Waals surface area contributed by atoms with Crippen LogP contribution in [0.15, 0.2) is 47.5 Å². The third-order valence-corrected chi connectivity index (χ3v) is 3.64. The Morgan fingerprint density at radius 3 is 2.38 bits per heavy atom. The van der Waals surface area contributed by atoms with Crippen LogP contribution in [0.5, 0.6) is 5.75 Å². The van der Waals surface area contributed by atoms with E-state index in [1.807, 2.05) is 6.07 Å². The predicted octanol–water partition coefficient (Wildman–Crippen LogP) is 3.64.